The lowest BCUT2D eigenvalue weighted by Gasteiger charge is -2.04. The Hall–Kier alpha value is -1.82. The highest BCUT2D eigenvalue weighted by Gasteiger charge is 2.06. The van der Waals surface area contributed by atoms with Crippen LogP contribution >= 0.6 is 0 Å². The molecule has 0 unspecified atom stereocenters. The number of methoxy groups -OCH3 is 1. The molecule has 1 aromatic carbocycles. The van der Waals surface area contributed by atoms with Gasteiger partial charge in [0.15, 0.2) is 6.29 Å². The fourth-order valence-electron chi connectivity index (χ4n) is 1.13. The third kappa shape index (κ3) is 1.67. The monoisotopic (exact) mass is 175 g/mol. The normalized spacial score (nSPS) is 9.00. The van der Waals surface area contributed by atoms with E-state index in [4.69, 9.17) is 10.00 Å². The maximum absolute atomic E-state index is 10.6. The molecule has 1 rings (SSSR count). The van der Waals surface area contributed by atoms with E-state index in [1.54, 1.807) is 19.1 Å². The highest BCUT2D eigenvalue weighted by molar-refractivity contribution is 5.81. The standard InChI is InChI=1S/C10H9NO2/c1-7-3-9(13-2)4-8(5-11)10(7)6-12/h3-4,6H,1-2H3. The zero-order valence-corrected chi connectivity index (χ0v) is 7.50. The third-order valence-corrected chi connectivity index (χ3v) is 1.83. The molecule has 0 spiro atoms. The van der Waals surface area contributed by atoms with Crippen LogP contribution in [0.5, 0.6) is 5.75 Å². The lowest BCUT2D eigenvalue weighted by molar-refractivity contribution is 0.112. The number of ether oxygens (including phenoxy) is 1. The van der Waals surface area contributed by atoms with Gasteiger partial charge in [-0.05, 0) is 24.6 Å². The number of nitriles is 1. The maximum atomic E-state index is 10.6. The maximum Gasteiger partial charge on any atom is 0.151 e. The van der Waals surface area contributed by atoms with Crippen LogP contribution < -0.4 is 4.74 Å². The highest BCUT2D eigenvalue weighted by atomic mass is 16.5. The second-order valence-electron chi connectivity index (χ2n) is 2.64. The van der Waals surface area contributed by atoms with Gasteiger partial charge in [0.2, 0.25) is 0 Å². The lowest BCUT2D eigenvalue weighted by atomic mass is 10.0. The summed E-state index contributed by atoms with van der Waals surface area (Å²) in [6.45, 7) is 1.77. The summed E-state index contributed by atoms with van der Waals surface area (Å²) < 4.78 is 4.97. The Bertz CT molecular complexity index is 377. The molecule has 0 aliphatic carbocycles. The largest absolute Gasteiger partial charge is 0.497 e. The smallest absolute Gasteiger partial charge is 0.151 e. The molecule has 0 aromatic heterocycles. The van der Waals surface area contributed by atoms with Gasteiger partial charge in [-0.3, -0.25) is 4.79 Å². The first-order valence-corrected chi connectivity index (χ1v) is 3.77. The Balaban J connectivity index is 3.39. The fraction of sp³-hybridized carbons (Fsp3) is 0.200. The van der Waals surface area contributed by atoms with Gasteiger partial charge in [0, 0.05) is 5.56 Å². The van der Waals surface area contributed by atoms with E-state index < -0.39 is 0 Å². The fourth-order valence-corrected chi connectivity index (χ4v) is 1.13. The van der Waals surface area contributed by atoms with Gasteiger partial charge in [0.05, 0.1) is 12.7 Å². The molecule has 0 radical (unpaired) electrons. The highest BCUT2D eigenvalue weighted by Crippen LogP contribution is 2.19. The van der Waals surface area contributed by atoms with E-state index in [1.165, 1.54) is 7.11 Å². The van der Waals surface area contributed by atoms with Crippen LogP contribution in [-0.2, 0) is 0 Å². The van der Waals surface area contributed by atoms with Gasteiger partial charge in [0.25, 0.3) is 0 Å². The van der Waals surface area contributed by atoms with Crippen molar-refractivity contribution in [2.75, 3.05) is 7.11 Å². The van der Waals surface area contributed by atoms with Crippen LogP contribution in [0.15, 0.2) is 12.1 Å². The van der Waals surface area contributed by atoms with E-state index >= 15 is 0 Å². The Labute approximate surface area is 76.6 Å². The number of hydrogen-bond acceptors (Lipinski definition) is 3. The Morgan fingerprint density at radius 2 is 2.23 bits per heavy atom. The number of rotatable bonds is 2. The van der Waals surface area contributed by atoms with Gasteiger partial charge < -0.3 is 4.74 Å². The topological polar surface area (TPSA) is 50.1 Å². The van der Waals surface area contributed by atoms with Gasteiger partial charge in [-0.2, -0.15) is 5.26 Å². The average molecular weight is 175 g/mol. The number of nitrogens with zero attached hydrogens (tertiary/aromatic N) is 1. The zero-order chi connectivity index (χ0) is 9.84. The van der Waals surface area contributed by atoms with Crippen molar-refractivity contribution in [3.8, 4) is 11.8 Å². The zero-order valence-electron chi connectivity index (χ0n) is 7.50. The minimum atomic E-state index is 0.354. The summed E-state index contributed by atoms with van der Waals surface area (Å²) in [6, 6.07) is 5.23. The van der Waals surface area contributed by atoms with Gasteiger partial charge >= 0.3 is 0 Å². The molecule has 0 bridgehead atoms. The van der Waals surface area contributed by atoms with Gasteiger partial charge in [-0.25, -0.2) is 0 Å². The van der Waals surface area contributed by atoms with Gasteiger partial charge in [0.1, 0.15) is 11.8 Å². The van der Waals surface area contributed by atoms with Crippen molar-refractivity contribution in [3.05, 3.63) is 28.8 Å². The number of hydrogen-bond donors (Lipinski definition) is 0. The summed E-state index contributed by atoms with van der Waals surface area (Å²) in [6.07, 6.45) is 0.688. The summed E-state index contributed by atoms with van der Waals surface area (Å²) in [5.41, 5.74) is 1.54. The molecule has 0 aliphatic rings. The van der Waals surface area contributed by atoms with Crippen molar-refractivity contribution < 1.29 is 9.53 Å². The molecule has 0 aliphatic heterocycles. The van der Waals surface area contributed by atoms with E-state index in [-0.39, 0.29) is 0 Å². The van der Waals surface area contributed by atoms with Crippen LogP contribution in [0.25, 0.3) is 0 Å². The molecule has 0 fully saturated rings. The molecule has 0 saturated carbocycles. The molecule has 0 atom stereocenters. The number of benzene rings is 1. The Kier molecular flexibility index (Phi) is 2.65. The first kappa shape index (κ1) is 9.27. The molecule has 66 valence electrons. The summed E-state index contributed by atoms with van der Waals surface area (Å²) in [4.78, 5) is 10.6. The van der Waals surface area contributed by atoms with E-state index in [0.29, 0.717) is 23.2 Å². The van der Waals surface area contributed by atoms with Crippen molar-refractivity contribution in [1.82, 2.24) is 0 Å². The van der Waals surface area contributed by atoms with E-state index in [1.807, 2.05) is 6.07 Å². The predicted molar refractivity (Wildman–Crippen MR) is 47.8 cm³/mol. The van der Waals surface area contributed by atoms with E-state index in [2.05, 4.69) is 0 Å². The summed E-state index contributed by atoms with van der Waals surface area (Å²) in [5.74, 6) is 0.597. The number of aryl methyl sites for hydroxylation is 1. The minimum absolute atomic E-state index is 0.354. The molecule has 0 saturated heterocycles. The second-order valence-corrected chi connectivity index (χ2v) is 2.64. The molecular formula is C10H9NO2. The van der Waals surface area contributed by atoms with Crippen molar-refractivity contribution >= 4 is 6.29 Å². The van der Waals surface area contributed by atoms with Crippen molar-refractivity contribution in [2.24, 2.45) is 0 Å². The molecule has 13 heavy (non-hydrogen) atoms. The van der Waals surface area contributed by atoms with Gasteiger partial charge in [-0.1, -0.05) is 0 Å². The molecule has 0 heterocycles. The number of carbonyl (C=O) groups is 1. The second kappa shape index (κ2) is 3.72. The summed E-state index contributed by atoms with van der Waals surface area (Å²) >= 11 is 0. The Morgan fingerprint density at radius 3 is 2.69 bits per heavy atom. The minimum Gasteiger partial charge on any atom is -0.497 e. The van der Waals surface area contributed by atoms with Crippen molar-refractivity contribution in [2.45, 2.75) is 6.92 Å². The van der Waals surface area contributed by atoms with Crippen molar-refractivity contribution in [3.63, 3.8) is 0 Å². The Morgan fingerprint density at radius 1 is 1.54 bits per heavy atom. The summed E-state index contributed by atoms with van der Waals surface area (Å²) in [5, 5.41) is 8.73. The van der Waals surface area contributed by atoms with Crippen LogP contribution in [0, 0.1) is 18.3 Å². The first-order valence-electron chi connectivity index (χ1n) is 3.77. The number of aldehydes is 1. The molecule has 1 aromatic rings. The number of carbonyl (C=O) groups excluding carboxylic acids is 1. The van der Waals surface area contributed by atoms with Crippen LogP contribution in [0.3, 0.4) is 0 Å². The third-order valence-electron chi connectivity index (χ3n) is 1.83. The molecule has 3 nitrogen and oxygen atoms in total. The van der Waals surface area contributed by atoms with Crippen molar-refractivity contribution in [1.29, 1.82) is 5.26 Å². The SMILES string of the molecule is COc1cc(C)c(C=O)c(C#N)c1. The molecular weight excluding hydrogens is 166 g/mol. The van der Waals surface area contributed by atoms with Crippen LogP contribution in [0.2, 0.25) is 0 Å². The lowest BCUT2D eigenvalue weighted by Crippen LogP contribution is -1.94. The summed E-state index contributed by atoms with van der Waals surface area (Å²) in [7, 11) is 1.52. The molecule has 0 amide bonds. The van der Waals surface area contributed by atoms with Crippen LogP contribution in [0.4, 0.5) is 0 Å². The van der Waals surface area contributed by atoms with Crippen LogP contribution in [-0.4, -0.2) is 13.4 Å². The average Bonchev–Trinajstić information content (AvgIpc) is 2.16. The van der Waals surface area contributed by atoms with Gasteiger partial charge in [-0.15, -0.1) is 0 Å². The van der Waals surface area contributed by atoms with E-state index in [9.17, 15) is 4.79 Å². The molecule has 3 heteroatoms. The quantitative estimate of drug-likeness (QED) is 0.642. The molecule has 0 N–H and O–H groups in total. The first-order chi connectivity index (χ1) is 6.22. The van der Waals surface area contributed by atoms with Crippen LogP contribution in [0.1, 0.15) is 21.5 Å². The van der Waals surface area contributed by atoms with E-state index in [0.717, 1.165) is 5.56 Å². The predicted octanol–water partition coefficient (Wildman–Crippen LogP) is 1.69.